The van der Waals surface area contributed by atoms with Crippen molar-refractivity contribution in [3.05, 3.63) is 50.9 Å². The molecule has 1 N–H and O–H groups in total. The molecule has 6 heteroatoms. The molecule has 0 amide bonds. The second-order valence-corrected chi connectivity index (χ2v) is 7.40. The Morgan fingerprint density at radius 1 is 1.28 bits per heavy atom. The van der Waals surface area contributed by atoms with Gasteiger partial charge in [-0.25, -0.2) is 4.98 Å². The van der Waals surface area contributed by atoms with Crippen molar-refractivity contribution >= 4 is 27.5 Å². The molecule has 0 aliphatic rings. The van der Waals surface area contributed by atoms with Crippen molar-refractivity contribution in [1.82, 2.24) is 9.55 Å². The number of aromatic nitrogens is 2. The van der Waals surface area contributed by atoms with Gasteiger partial charge >= 0.3 is 5.97 Å². The summed E-state index contributed by atoms with van der Waals surface area (Å²) in [6.07, 6.45) is 0. The molecule has 5 nitrogen and oxygen atoms in total. The molecule has 3 aromatic rings. The molecule has 0 saturated heterocycles. The first-order chi connectivity index (χ1) is 11.8. The van der Waals surface area contributed by atoms with Gasteiger partial charge in [0.25, 0.3) is 5.56 Å². The van der Waals surface area contributed by atoms with Crippen molar-refractivity contribution < 1.29 is 9.90 Å². The van der Waals surface area contributed by atoms with Crippen molar-refractivity contribution in [3.63, 3.8) is 0 Å². The highest BCUT2D eigenvalue weighted by molar-refractivity contribution is 7.17. The van der Waals surface area contributed by atoms with E-state index in [1.54, 1.807) is 0 Å². The smallest absolute Gasteiger partial charge is 0.323 e. The lowest BCUT2D eigenvalue weighted by Gasteiger charge is -2.13. The van der Waals surface area contributed by atoms with Gasteiger partial charge in [-0.15, -0.1) is 11.3 Å². The molecule has 3 rings (SSSR count). The van der Waals surface area contributed by atoms with Crippen LogP contribution in [0.2, 0.25) is 0 Å². The van der Waals surface area contributed by atoms with Gasteiger partial charge in [0.2, 0.25) is 0 Å². The predicted molar refractivity (Wildman–Crippen MR) is 101 cm³/mol. The zero-order valence-corrected chi connectivity index (χ0v) is 15.5. The van der Waals surface area contributed by atoms with Crippen LogP contribution in [0.4, 0.5) is 0 Å². The van der Waals surface area contributed by atoms with Crippen LogP contribution in [0, 0.1) is 13.8 Å². The van der Waals surface area contributed by atoms with Crippen molar-refractivity contribution in [2.24, 2.45) is 0 Å². The van der Waals surface area contributed by atoms with Gasteiger partial charge in [-0.2, -0.15) is 0 Å². The summed E-state index contributed by atoms with van der Waals surface area (Å²) in [5, 5.41) is 11.6. The van der Waals surface area contributed by atoms with E-state index >= 15 is 0 Å². The van der Waals surface area contributed by atoms with Crippen LogP contribution < -0.4 is 5.56 Å². The lowest BCUT2D eigenvalue weighted by Crippen LogP contribution is -2.29. The minimum atomic E-state index is -1.05. The van der Waals surface area contributed by atoms with Gasteiger partial charge in [-0.1, -0.05) is 32.0 Å². The maximum absolute atomic E-state index is 13.1. The van der Waals surface area contributed by atoms with E-state index in [0.717, 1.165) is 16.7 Å². The predicted octanol–water partition coefficient (Wildman–Crippen LogP) is 3.95. The maximum Gasteiger partial charge on any atom is 0.323 e. The Morgan fingerprint density at radius 3 is 2.60 bits per heavy atom. The summed E-state index contributed by atoms with van der Waals surface area (Å²) in [5.74, 6) is -0.579. The van der Waals surface area contributed by atoms with Gasteiger partial charge in [-0.05, 0) is 30.5 Å². The Balaban J connectivity index is 2.31. The van der Waals surface area contributed by atoms with Crippen LogP contribution in [0.25, 0.3) is 21.3 Å². The Labute approximate surface area is 149 Å². The monoisotopic (exact) mass is 356 g/mol. The summed E-state index contributed by atoms with van der Waals surface area (Å²) in [5.41, 5.74) is 3.81. The van der Waals surface area contributed by atoms with E-state index in [-0.39, 0.29) is 18.0 Å². The molecule has 2 aromatic heterocycles. The number of aliphatic carboxylic acids is 1. The third-order valence-electron chi connectivity index (χ3n) is 4.35. The largest absolute Gasteiger partial charge is 0.480 e. The quantitative estimate of drug-likeness (QED) is 0.768. The lowest BCUT2D eigenvalue weighted by molar-refractivity contribution is -0.137. The second kappa shape index (κ2) is 6.44. The number of hydrogen-bond donors (Lipinski definition) is 1. The van der Waals surface area contributed by atoms with Crippen LogP contribution in [-0.2, 0) is 11.3 Å². The average Bonchev–Trinajstić information content (AvgIpc) is 2.96. The Hall–Kier alpha value is -2.47. The molecule has 0 atom stereocenters. The number of fused-ring (bicyclic) bond motifs is 1. The van der Waals surface area contributed by atoms with Crippen molar-refractivity contribution in [2.45, 2.75) is 40.2 Å². The highest BCUT2D eigenvalue weighted by Gasteiger charge is 2.20. The molecule has 130 valence electrons. The molecule has 0 aliphatic carbocycles. The first-order valence-corrected chi connectivity index (χ1v) is 8.99. The van der Waals surface area contributed by atoms with Crippen molar-refractivity contribution in [1.29, 1.82) is 0 Å². The van der Waals surface area contributed by atoms with E-state index in [9.17, 15) is 14.7 Å². The molecular weight excluding hydrogens is 336 g/mol. The van der Waals surface area contributed by atoms with Gasteiger partial charge in [0.1, 0.15) is 17.2 Å². The zero-order valence-electron chi connectivity index (χ0n) is 14.7. The molecule has 25 heavy (non-hydrogen) atoms. The van der Waals surface area contributed by atoms with Crippen LogP contribution in [0.15, 0.2) is 28.4 Å². The molecule has 0 saturated carbocycles. The van der Waals surface area contributed by atoms with Crippen molar-refractivity contribution in [3.8, 4) is 11.1 Å². The topological polar surface area (TPSA) is 72.2 Å². The summed E-state index contributed by atoms with van der Waals surface area (Å²) in [6, 6.07) is 6.06. The SMILES string of the molecule is Cc1ccc(-c2csc3nc(C(C)C)n(CC(=O)O)c(=O)c23)cc1C. The molecule has 0 spiro atoms. The first kappa shape index (κ1) is 17.4. The van der Waals surface area contributed by atoms with Crippen LogP contribution in [0.3, 0.4) is 0 Å². The summed E-state index contributed by atoms with van der Waals surface area (Å²) >= 11 is 1.42. The van der Waals surface area contributed by atoms with Crippen molar-refractivity contribution in [2.75, 3.05) is 0 Å². The molecule has 0 fully saturated rings. The summed E-state index contributed by atoms with van der Waals surface area (Å²) < 4.78 is 1.28. The fourth-order valence-electron chi connectivity index (χ4n) is 2.89. The van der Waals surface area contributed by atoms with Gasteiger partial charge in [0, 0.05) is 16.9 Å². The normalized spacial score (nSPS) is 11.4. The fourth-order valence-corrected chi connectivity index (χ4v) is 3.84. The minimum absolute atomic E-state index is 0.0383. The molecule has 0 unspecified atom stereocenters. The summed E-state index contributed by atoms with van der Waals surface area (Å²) in [4.78, 5) is 29.5. The lowest BCUT2D eigenvalue weighted by atomic mass is 10.0. The van der Waals surface area contributed by atoms with E-state index in [1.807, 2.05) is 51.3 Å². The number of carboxylic acid groups (broad SMARTS) is 1. The van der Waals surface area contributed by atoms with E-state index in [2.05, 4.69) is 4.98 Å². The maximum atomic E-state index is 13.1. The Kier molecular flexibility index (Phi) is 4.47. The first-order valence-electron chi connectivity index (χ1n) is 8.11. The third-order valence-corrected chi connectivity index (χ3v) is 5.22. The molecule has 0 radical (unpaired) electrons. The van der Waals surface area contributed by atoms with Crippen LogP contribution in [0.5, 0.6) is 0 Å². The van der Waals surface area contributed by atoms with Gasteiger partial charge in [0.15, 0.2) is 0 Å². The van der Waals surface area contributed by atoms with E-state index < -0.39 is 5.97 Å². The number of carboxylic acids is 1. The van der Waals surface area contributed by atoms with E-state index in [1.165, 1.54) is 21.5 Å². The minimum Gasteiger partial charge on any atom is -0.480 e. The third kappa shape index (κ3) is 3.09. The van der Waals surface area contributed by atoms with Crippen LogP contribution in [-0.4, -0.2) is 20.6 Å². The van der Waals surface area contributed by atoms with Gasteiger partial charge < -0.3 is 5.11 Å². The summed E-state index contributed by atoms with van der Waals surface area (Å²) in [6.45, 7) is 7.51. The molecule has 1 aromatic carbocycles. The number of carbonyl (C=O) groups is 1. The average molecular weight is 356 g/mol. The van der Waals surface area contributed by atoms with Gasteiger partial charge in [0.05, 0.1) is 5.39 Å². The molecule has 0 aliphatic heterocycles. The zero-order chi connectivity index (χ0) is 18.3. The number of hydrogen-bond acceptors (Lipinski definition) is 4. The second-order valence-electron chi connectivity index (χ2n) is 6.54. The number of thiophene rings is 1. The van der Waals surface area contributed by atoms with E-state index in [0.29, 0.717) is 16.0 Å². The Morgan fingerprint density at radius 2 is 2.00 bits per heavy atom. The standard InChI is InChI=1S/C19H20N2O3S/c1-10(2)17-20-18-16(19(24)21(17)8-15(22)23)14(9-25-18)13-6-5-11(3)12(4)7-13/h5-7,9-10H,8H2,1-4H3,(H,22,23). The van der Waals surface area contributed by atoms with Crippen LogP contribution in [0.1, 0.15) is 36.7 Å². The van der Waals surface area contributed by atoms with Crippen LogP contribution >= 0.6 is 11.3 Å². The number of aryl methyl sites for hydroxylation is 2. The molecule has 2 heterocycles. The number of nitrogens with zero attached hydrogens (tertiary/aromatic N) is 2. The number of benzene rings is 1. The summed E-state index contributed by atoms with van der Waals surface area (Å²) in [7, 11) is 0. The van der Waals surface area contributed by atoms with Gasteiger partial charge in [-0.3, -0.25) is 14.2 Å². The molecular formula is C19H20N2O3S. The fraction of sp³-hybridized carbons (Fsp3) is 0.316. The van der Waals surface area contributed by atoms with E-state index in [4.69, 9.17) is 0 Å². The Bertz CT molecular complexity index is 1030. The molecule has 0 bridgehead atoms. The highest BCUT2D eigenvalue weighted by atomic mass is 32.1. The highest BCUT2D eigenvalue weighted by Crippen LogP contribution is 2.32. The number of rotatable bonds is 4.